The van der Waals surface area contributed by atoms with Gasteiger partial charge in [-0.15, -0.1) is 0 Å². The van der Waals surface area contributed by atoms with Crippen molar-refractivity contribution in [1.29, 1.82) is 0 Å². The van der Waals surface area contributed by atoms with Gasteiger partial charge in [-0.2, -0.15) is 0 Å². The van der Waals surface area contributed by atoms with Crippen LogP contribution in [0.4, 0.5) is 9.39 Å². The molecule has 0 atom stereocenters. The van der Waals surface area contributed by atoms with E-state index in [1.165, 1.54) is 23.5 Å². The highest BCUT2D eigenvalue weighted by molar-refractivity contribution is 7.18. The van der Waals surface area contributed by atoms with Crippen LogP contribution in [0.1, 0.15) is 0 Å². The Kier molecular flexibility index (Phi) is 2.39. The number of nitrogens with two attached hydrogens (primary N) is 1. The van der Waals surface area contributed by atoms with Crippen molar-refractivity contribution in [2.75, 3.05) is 5.73 Å². The Balaban J connectivity index is 2.47. The molecule has 0 unspecified atom stereocenters. The van der Waals surface area contributed by atoms with E-state index in [4.69, 9.17) is 17.3 Å². The highest BCUT2D eigenvalue weighted by Crippen LogP contribution is 2.29. The first-order valence-corrected chi connectivity index (χ1v) is 5.03. The fourth-order valence-electron chi connectivity index (χ4n) is 1.05. The topological polar surface area (TPSA) is 38.9 Å². The van der Waals surface area contributed by atoms with Gasteiger partial charge in [-0.3, -0.25) is 0 Å². The molecule has 72 valence electrons. The van der Waals surface area contributed by atoms with Gasteiger partial charge in [0.05, 0.1) is 11.2 Å². The first-order valence-electron chi connectivity index (χ1n) is 3.83. The van der Waals surface area contributed by atoms with Crippen LogP contribution in [0.5, 0.6) is 0 Å². The van der Waals surface area contributed by atoms with E-state index < -0.39 is 5.82 Å². The van der Waals surface area contributed by atoms with E-state index in [0.717, 1.165) is 10.6 Å². The molecule has 0 aliphatic carbocycles. The van der Waals surface area contributed by atoms with Gasteiger partial charge in [-0.05, 0) is 18.2 Å². The van der Waals surface area contributed by atoms with E-state index >= 15 is 0 Å². The Morgan fingerprint density at radius 2 is 2.21 bits per heavy atom. The third-order valence-corrected chi connectivity index (χ3v) is 2.86. The van der Waals surface area contributed by atoms with E-state index in [1.807, 2.05) is 0 Å². The molecule has 1 heterocycles. The molecule has 0 saturated carbocycles. The molecular formula is C9H6ClFN2S. The summed E-state index contributed by atoms with van der Waals surface area (Å²) in [4.78, 5) is 4.07. The lowest BCUT2D eigenvalue weighted by atomic mass is 10.2. The number of hydrogen-bond acceptors (Lipinski definition) is 3. The normalized spacial score (nSPS) is 10.4. The van der Waals surface area contributed by atoms with Crippen LogP contribution in [0, 0.1) is 5.82 Å². The molecule has 2 aromatic rings. The van der Waals surface area contributed by atoms with Gasteiger partial charge in [0.2, 0.25) is 0 Å². The fourth-order valence-corrected chi connectivity index (χ4v) is 1.91. The Bertz CT molecular complexity index is 470. The third kappa shape index (κ3) is 1.71. The van der Waals surface area contributed by atoms with Crippen LogP contribution in [0.3, 0.4) is 0 Å². The summed E-state index contributed by atoms with van der Waals surface area (Å²) in [7, 11) is 0. The number of nitrogen functional groups attached to an aromatic ring is 1. The Labute approximate surface area is 89.2 Å². The van der Waals surface area contributed by atoms with Gasteiger partial charge in [0.1, 0.15) is 15.8 Å². The third-order valence-electron chi connectivity index (χ3n) is 1.69. The smallest absolute Gasteiger partial charge is 0.141 e. The zero-order valence-electron chi connectivity index (χ0n) is 7.00. The zero-order valence-corrected chi connectivity index (χ0v) is 8.57. The molecule has 0 aliphatic heterocycles. The number of rotatable bonds is 1. The van der Waals surface area contributed by atoms with Crippen LogP contribution in [-0.2, 0) is 0 Å². The van der Waals surface area contributed by atoms with E-state index in [0.29, 0.717) is 5.00 Å². The lowest BCUT2D eigenvalue weighted by Crippen LogP contribution is -1.79. The van der Waals surface area contributed by atoms with Gasteiger partial charge in [-0.1, -0.05) is 22.9 Å². The van der Waals surface area contributed by atoms with E-state index in [2.05, 4.69) is 4.98 Å². The Morgan fingerprint density at radius 1 is 1.43 bits per heavy atom. The summed E-state index contributed by atoms with van der Waals surface area (Å²) in [5.41, 5.74) is 6.31. The van der Waals surface area contributed by atoms with Crippen molar-refractivity contribution >= 4 is 27.9 Å². The molecule has 2 nitrogen and oxygen atoms in total. The second kappa shape index (κ2) is 3.55. The quantitative estimate of drug-likeness (QED) is 0.814. The molecule has 5 heteroatoms. The van der Waals surface area contributed by atoms with Crippen molar-refractivity contribution in [3.8, 4) is 10.6 Å². The maximum atomic E-state index is 12.8. The number of nitrogens with zero attached hydrogens (tertiary/aromatic N) is 1. The second-order valence-corrected chi connectivity index (χ2v) is 4.17. The molecule has 0 radical (unpaired) electrons. The predicted octanol–water partition coefficient (Wildman–Crippen LogP) is 3.18. The highest BCUT2D eigenvalue weighted by Gasteiger charge is 2.05. The molecule has 0 amide bonds. The van der Waals surface area contributed by atoms with Crippen molar-refractivity contribution in [2.45, 2.75) is 0 Å². The number of hydrogen-bond donors (Lipinski definition) is 1. The van der Waals surface area contributed by atoms with Gasteiger partial charge in [-0.25, -0.2) is 9.37 Å². The van der Waals surface area contributed by atoms with Crippen molar-refractivity contribution < 1.29 is 4.39 Å². The van der Waals surface area contributed by atoms with Crippen molar-refractivity contribution in [1.82, 2.24) is 4.98 Å². The van der Waals surface area contributed by atoms with E-state index in [9.17, 15) is 4.39 Å². The summed E-state index contributed by atoms with van der Waals surface area (Å²) in [5.74, 6) is -0.431. The number of benzene rings is 1. The highest BCUT2D eigenvalue weighted by atomic mass is 35.5. The minimum Gasteiger partial charge on any atom is -0.389 e. The van der Waals surface area contributed by atoms with Gasteiger partial charge < -0.3 is 5.73 Å². The van der Waals surface area contributed by atoms with Crippen LogP contribution in [0.2, 0.25) is 5.02 Å². The first kappa shape index (κ1) is 9.43. The Morgan fingerprint density at radius 3 is 2.79 bits per heavy atom. The number of thiazole rings is 1. The monoisotopic (exact) mass is 228 g/mol. The first-order chi connectivity index (χ1) is 6.66. The summed E-state index contributed by atoms with van der Waals surface area (Å²) in [5, 5.41) is 1.46. The average Bonchev–Trinajstić information content (AvgIpc) is 2.57. The maximum absolute atomic E-state index is 12.8. The molecule has 0 aliphatic rings. The van der Waals surface area contributed by atoms with Crippen LogP contribution in [-0.4, -0.2) is 4.98 Å². The molecule has 0 saturated heterocycles. The van der Waals surface area contributed by atoms with Crippen molar-refractivity contribution in [3.63, 3.8) is 0 Å². The second-order valence-electron chi connectivity index (χ2n) is 2.70. The standard InChI is InChI=1S/C9H6ClFN2S/c10-6-3-5(1-2-7(6)11)9-13-4-8(12)14-9/h1-4H,12H2. The molecule has 1 aromatic heterocycles. The van der Waals surface area contributed by atoms with Crippen LogP contribution in [0.15, 0.2) is 24.4 Å². The van der Waals surface area contributed by atoms with Crippen molar-refractivity contribution in [3.05, 3.63) is 35.2 Å². The molecule has 1 aromatic carbocycles. The molecule has 0 fully saturated rings. The SMILES string of the molecule is Nc1cnc(-c2ccc(F)c(Cl)c2)s1. The van der Waals surface area contributed by atoms with Gasteiger partial charge in [0.25, 0.3) is 0 Å². The number of anilines is 1. The molecule has 0 spiro atoms. The average molecular weight is 229 g/mol. The van der Waals surface area contributed by atoms with E-state index in [-0.39, 0.29) is 5.02 Å². The molecule has 0 bridgehead atoms. The van der Waals surface area contributed by atoms with Crippen LogP contribution in [0.25, 0.3) is 10.6 Å². The fraction of sp³-hybridized carbons (Fsp3) is 0. The molecule has 2 rings (SSSR count). The van der Waals surface area contributed by atoms with Crippen molar-refractivity contribution in [2.24, 2.45) is 0 Å². The van der Waals surface area contributed by atoms with Crippen LogP contribution < -0.4 is 5.73 Å². The number of halogens is 2. The van der Waals surface area contributed by atoms with Crippen LogP contribution >= 0.6 is 22.9 Å². The van der Waals surface area contributed by atoms with Gasteiger partial charge >= 0.3 is 0 Å². The minimum atomic E-state index is -0.431. The molecule has 2 N–H and O–H groups in total. The van der Waals surface area contributed by atoms with Gasteiger partial charge in [0, 0.05) is 5.56 Å². The minimum absolute atomic E-state index is 0.0938. The Hall–Kier alpha value is -1.13. The van der Waals surface area contributed by atoms with Gasteiger partial charge in [0.15, 0.2) is 0 Å². The largest absolute Gasteiger partial charge is 0.389 e. The summed E-state index contributed by atoms with van der Waals surface area (Å²) in [6.07, 6.45) is 1.57. The summed E-state index contributed by atoms with van der Waals surface area (Å²) < 4.78 is 12.8. The van der Waals surface area contributed by atoms with E-state index in [1.54, 1.807) is 12.3 Å². The molecule has 14 heavy (non-hydrogen) atoms. The predicted molar refractivity (Wildman–Crippen MR) is 56.9 cm³/mol. The lowest BCUT2D eigenvalue weighted by Gasteiger charge is -1.97. The maximum Gasteiger partial charge on any atom is 0.141 e. The molecular weight excluding hydrogens is 223 g/mol. The summed E-state index contributed by atoms with van der Waals surface area (Å²) in [6.45, 7) is 0. The summed E-state index contributed by atoms with van der Waals surface area (Å²) in [6, 6.07) is 4.48. The summed E-state index contributed by atoms with van der Waals surface area (Å²) >= 11 is 6.98. The lowest BCUT2D eigenvalue weighted by molar-refractivity contribution is 0.628. The number of aromatic nitrogens is 1. The zero-order chi connectivity index (χ0) is 10.1.